The number of benzene rings is 1. The van der Waals surface area contributed by atoms with Crippen molar-refractivity contribution < 1.29 is 20.1 Å². The summed E-state index contributed by atoms with van der Waals surface area (Å²) in [5, 5.41) is 27.4. The molecule has 0 fully saturated rings. The van der Waals surface area contributed by atoms with Gasteiger partial charge < -0.3 is 15.3 Å². The van der Waals surface area contributed by atoms with Crippen LogP contribution in [0.2, 0.25) is 0 Å². The molecule has 1 aromatic rings. The zero-order valence-electron chi connectivity index (χ0n) is 9.21. The summed E-state index contributed by atoms with van der Waals surface area (Å²) in [4.78, 5) is 12.5. The highest BCUT2D eigenvalue weighted by Crippen LogP contribution is 2.25. The molecule has 0 heterocycles. The third-order valence-corrected chi connectivity index (χ3v) is 2.38. The van der Waals surface area contributed by atoms with Crippen LogP contribution < -0.4 is 0 Å². The van der Waals surface area contributed by atoms with Crippen molar-refractivity contribution in [2.75, 3.05) is 14.1 Å². The van der Waals surface area contributed by atoms with Crippen LogP contribution in [0.15, 0.2) is 18.2 Å². The molecule has 0 aliphatic heterocycles. The summed E-state index contributed by atoms with van der Waals surface area (Å²) in [6.45, 7) is 0. The van der Waals surface area contributed by atoms with Gasteiger partial charge in [-0.15, -0.1) is 0 Å². The van der Waals surface area contributed by atoms with Crippen molar-refractivity contribution in [2.24, 2.45) is 0 Å². The van der Waals surface area contributed by atoms with Crippen molar-refractivity contribution in [2.45, 2.75) is 12.5 Å². The Morgan fingerprint density at radius 2 is 1.94 bits per heavy atom. The molecule has 1 unspecified atom stereocenters. The fourth-order valence-corrected chi connectivity index (χ4v) is 1.41. The molecular weight excluding hydrogens is 210 g/mol. The van der Waals surface area contributed by atoms with Crippen LogP contribution in [0.25, 0.3) is 0 Å². The third kappa shape index (κ3) is 2.87. The van der Waals surface area contributed by atoms with Crippen molar-refractivity contribution >= 4 is 5.97 Å². The van der Waals surface area contributed by atoms with E-state index in [1.165, 1.54) is 12.1 Å². The van der Waals surface area contributed by atoms with E-state index in [9.17, 15) is 9.90 Å². The fourth-order valence-electron chi connectivity index (χ4n) is 1.41. The van der Waals surface area contributed by atoms with Gasteiger partial charge in [0.15, 0.2) is 11.5 Å². The van der Waals surface area contributed by atoms with Crippen LogP contribution in [0, 0.1) is 0 Å². The van der Waals surface area contributed by atoms with Crippen LogP contribution >= 0.6 is 0 Å². The van der Waals surface area contributed by atoms with Gasteiger partial charge in [0.1, 0.15) is 6.04 Å². The molecule has 0 aromatic heterocycles. The number of hydrogen-bond donors (Lipinski definition) is 3. The van der Waals surface area contributed by atoms with Gasteiger partial charge in [0, 0.05) is 0 Å². The summed E-state index contributed by atoms with van der Waals surface area (Å²) in [5.74, 6) is -1.36. The Kier molecular flexibility index (Phi) is 3.73. The maximum atomic E-state index is 10.9. The zero-order chi connectivity index (χ0) is 12.3. The fraction of sp³-hybridized carbons (Fsp3) is 0.364. The number of aromatic hydroxyl groups is 2. The minimum atomic E-state index is -0.919. The number of carbonyl (C=O) groups is 1. The van der Waals surface area contributed by atoms with Gasteiger partial charge in [-0.2, -0.15) is 0 Å². The van der Waals surface area contributed by atoms with E-state index in [2.05, 4.69) is 0 Å². The minimum absolute atomic E-state index is 0.208. The molecule has 0 aliphatic carbocycles. The number of rotatable bonds is 4. The summed E-state index contributed by atoms with van der Waals surface area (Å²) >= 11 is 0. The largest absolute Gasteiger partial charge is 0.504 e. The predicted molar refractivity (Wildman–Crippen MR) is 58.6 cm³/mol. The van der Waals surface area contributed by atoms with Crippen LogP contribution in [0.4, 0.5) is 0 Å². The highest BCUT2D eigenvalue weighted by Gasteiger charge is 2.20. The molecule has 1 atom stereocenters. The molecule has 3 N–H and O–H groups in total. The smallest absolute Gasteiger partial charge is 0.321 e. The quantitative estimate of drug-likeness (QED) is 0.656. The molecule has 0 saturated carbocycles. The second-order valence-corrected chi connectivity index (χ2v) is 3.84. The normalized spacial score (nSPS) is 12.7. The average molecular weight is 225 g/mol. The van der Waals surface area contributed by atoms with Gasteiger partial charge in [-0.3, -0.25) is 9.69 Å². The van der Waals surface area contributed by atoms with Crippen LogP contribution in [-0.4, -0.2) is 46.3 Å². The lowest BCUT2D eigenvalue weighted by molar-refractivity contribution is -0.142. The number of hydrogen-bond acceptors (Lipinski definition) is 4. The van der Waals surface area contributed by atoms with Gasteiger partial charge in [-0.25, -0.2) is 0 Å². The number of phenolic OH excluding ortho intramolecular Hbond substituents is 2. The lowest BCUT2D eigenvalue weighted by Crippen LogP contribution is -2.37. The van der Waals surface area contributed by atoms with Gasteiger partial charge in [0.05, 0.1) is 0 Å². The van der Waals surface area contributed by atoms with Gasteiger partial charge >= 0.3 is 5.97 Å². The first-order chi connectivity index (χ1) is 7.41. The van der Waals surface area contributed by atoms with E-state index in [0.29, 0.717) is 5.56 Å². The van der Waals surface area contributed by atoms with E-state index in [1.807, 2.05) is 0 Å². The summed E-state index contributed by atoms with van der Waals surface area (Å²) in [6, 6.07) is 3.66. The number of likely N-dealkylation sites (N-methyl/N-ethyl adjacent to an activating group) is 1. The topological polar surface area (TPSA) is 81.0 Å². The summed E-state index contributed by atoms with van der Waals surface area (Å²) < 4.78 is 0. The molecule has 0 spiro atoms. The molecular formula is C11H15NO4. The van der Waals surface area contributed by atoms with Crippen LogP contribution in [-0.2, 0) is 11.2 Å². The molecule has 16 heavy (non-hydrogen) atoms. The van der Waals surface area contributed by atoms with Crippen molar-refractivity contribution in [3.63, 3.8) is 0 Å². The van der Waals surface area contributed by atoms with Gasteiger partial charge in [-0.05, 0) is 38.2 Å². The SMILES string of the molecule is CN(C)C(Cc1ccc(O)c(O)c1)C(=O)O. The Morgan fingerprint density at radius 3 is 2.38 bits per heavy atom. The van der Waals surface area contributed by atoms with Crippen molar-refractivity contribution in [1.82, 2.24) is 4.90 Å². The van der Waals surface area contributed by atoms with E-state index < -0.39 is 12.0 Å². The van der Waals surface area contributed by atoms with E-state index in [1.54, 1.807) is 25.1 Å². The Balaban J connectivity index is 2.86. The monoisotopic (exact) mass is 225 g/mol. The Morgan fingerprint density at radius 1 is 1.31 bits per heavy atom. The third-order valence-electron chi connectivity index (χ3n) is 2.38. The standard InChI is InChI=1S/C11H15NO4/c1-12(2)8(11(15)16)5-7-3-4-9(13)10(14)6-7/h3-4,6,8,13-14H,5H2,1-2H3,(H,15,16). The molecule has 1 rings (SSSR count). The van der Waals surface area contributed by atoms with Gasteiger partial charge in [0.25, 0.3) is 0 Å². The summed E-state index contributed by atoms with van der Waals surface area (Å²) in [7, 11) is 3.36. The van der Waals surface area contributed by atoms with Crippen molar-refractivity contribution in [3.05, 3.63) is 23.8 Å². The Labute approximate surface area is 93.6 Å². The second-order valence-electron chi connectivity index (χ2n) is 3.84. The first-order valence-corrected chi connectivity index (χ1v) is 4.82. The molecule has 0 amide bonds. The molecule has 0 bridgehead atoms. The maximum Gasteiger partial charge on any atom is 0.321 e. The predicted octanol–water partition coefficient (Wildman–Crippen LogP) is 0.655. The Bertz CT molecular complexity index is 390. The average Bonchev–Trinajstić information content (AvgIpc) is 2.18. The van der Waals surface area contributed by atoms with Crippen LogP contribution in [0.3, 0.4) is 0 Å². The minimum Gasteiger partial charge on any atom is -0.504 e. The first kappa shape index (κ1) is 12.3. The maximum absolute atomic E-state index is 10.9. The lowest BCUT2D eigenvalue weighted by atomic mass is 10.0. The first-order valence-electron chi connectivity index (χ1n) is 4.82. The Hall–Kier alpha value is -1.75. The molecule has 0 aliphatic rings. The van der Waals surface area contributed by atoms with Crippen LogP contribution in [0.5, 0.6) is 11.5 Å². The van der Waals surface area contributed by atoms with Crippen molar-refractivity contribution in [3.8, 4) is 11.5 Å². The highest BCUT2D eigenvalue weighted by molar-refractivity contribution is 5.73. The van der Waals surface area contributed by atoms with Crippen molar-refractivity contribution in [1.29, 1.82) is 0 Å². The van der Waals surface area contributed by atoms with E-state index >= 15 is 0 Å². The number of carboxylic acids is 1. The molecule has 0 saturated heterocycles. The second kappa shape index (κ2) is 4.85. The number of nitrogens with zero attached hydrogens (tertiary/aromatic N) is 1. The zero-order valence-corrected chi connectivity index (χ0v) is 9.21. The highest BCUT2D eigenvalue weighted by atomic mass is 16.4. The van der Waals surface area contributed by atoms with Gasteiger partial charge in [-0.1, -0.05) is 6.07 Å². The van der Waals surface area contributed by atoms with Gasteiger partial charge in [0.2, 0.25) is 0 Å². The van der Waals surface area contributed by atoms with E-state index in [4.69, 9.17) is 10.2 Å². The molecule has 0 radical (unpaired) electrons. The molecule has 5 heteroatoms. The number of aliphatic carboxylic acids is 1. The van der Waals surface area contributed by atoms with E-state index in [-0.39, 0.29) is 17.9 Å². The molecule has 1 aromatic carbocycles. The molecule has 88 valence electrons. The number of phenols is 2. The molecule has 5 nitrogen and oxygen atoms in total. The summed E-state index contributed by atoms with van der Waals surface area (Å²) in [5.41, 5.74) is 0.663. The van der Waals surface area contributed by atoms with E-state index in [0.717, 1.165) is 0 Å². The lowest BCUT2D eigenvalue weighted by Gasteiger charge is -2.19. The summed E-state index contributed by atoms with van der Waals surface area (Å²) in [6.07, 6.45) is 0.274. The van der Waals surface area contributed by atoms with Crippen LogP contribution in [0.1, 0.15) is 5.56 Å². The number of carboxylic acid groups (broad SMARTS) is 1.